The van der Waals surface area contributed by atoms with E-state index in [2.05, 4.69) is 278 Å². The van der Waals surface area contributed by atoms with E-state index in [1.807, 2.05) is 0 Å². The molecule has 61 heavy (non-hydrogen) atoms. The van der Waals surface area contributed by atoms with Gasteiger partial charge in [0.1, 0.15) is 0 Å². The standard InChI is InChI=1S/C58H45NS2/c1-10-28-46(29-11-1)55-56(47-30-12-2-13-31-47)58(61(52-40-22-7-23-41-52,53-42-24-8-25-43-53)54-44-26-9-27-45-54)59(48-32-14-3-15-33-48)57(55)60(49-34-16-4-17-35-49,50-36-18-5-19-37-50)51-38-20-6-21-39-51/h1-45H. The molecule has 0 saturated carbocycles. The van der Waals surface area contributed by atoms with Crippen molar-refractivity contribution in [1.82, 2.24) is 4.57 Å². The van der Waals surface area contributed by atoms with Gasteiger partial charge in [0, 0.05) is 46.2 Å². The van der Waals surface area contributed by atoms with Crippen LogP contribution in [0.25, 0.3) is 27.9 Å². The smallest absolute Gasteiger partial charge is 0.0840 e. The van der Waals surface area contributed by atoms with Gasteiger partial charge >= 0.3 is 0 Å². The second-order valence-electron chi connectivity index (χ2n) is 14.9. The summed E-state index contributed by atoms with van der Waals surface area (Å²) in [5, 5.41) is 2.53. The van der Waals surface area contributed by atoms with Crippen LogP contribution in [-0.2, 0) is 0 Å². The van der Waals surface area contributed by atoms with Gasteiger partial charge in [0.25, 0.3) is 0 Å². The van der Waals surface area contributed by atoms with Gasteiger partial charge in [0.2, 0.25) is 0 Å². The molecule has 0 aliphatic heterocycles. The molecule has 0 saturated heterocycles. The first-order valence-electron chi connectivity index (χ1n) is 20.7. The number of benzene rings is 9. The first-order valence-corrected chi connectivity index (χ1v) is 24.0. The van der Waals surface area contributed by atoms with Gasteiger partial charge in [0.05, 0.1) is 10.1 Å². The molecule has 1 heterocycles. The maximum atomic E-state index is 2.73. The van der Waals surface area contributed by atoms with Gasteiger partial charge in [-0.25, -0.2) is 0 Å². The molecule has 0 N–H and O–H groups in total. The summed E-state index contributed by atoms with van der Waals surface area (Å²) in [4.78, 5) is 7.61. The van der Waals surface area contributed by atoms with Crippen molar-refractivity contribution in [3.63, 3.8) is 0 Å². The molecule has 3 heteroatoms. The third-order valence-corrected chi connectivity index (χ3v) is 19.2. The molecule has 0 unspecified atom stereocenters. The second-order valence-corrected chi connectivity index (χ2v) is 20.9. The van der Waals surface area contributed by atoms with Crippen LogP contribution in [0.15, 0.2) is 312 Å². The van der Waals surface area contributed by atoms with E-state index in [4.69, 9.17) is 0 Å². The molecule has 10 rings (SSSR count). The number of rotatable bonds is 11. The summed E-state index contributed by atoms with van der Waals surface area (Å²) in [6.45, 7) is 0. The molecule has 0 fully saturated rings. The van der Waals surface area contributed by atoms with Crippen LogP contribution in [0.2, 0.25) is 0 Å². The summed E-state index contributed by atoms with van der Waals surface area (Å²) in [5.41, 5.74) is 5.93. The van der Waals surface area contributed by atoms with Crippen LogP contribution in [0.3, 0.4) is 0 Å². The van der Waals surface area contributed by atoms with E-state index in [9.17, 15) is 0 Å². The zero-order valence-corrected chi connectivity index (χ0v) is 35.4. The maximum Gasteiger partial charge on any atom is 0.0840 e. The third kappa shape index (κ3) is 6.55. The lowest BCUT2D eigenvalue weighted by molar-refractivity contribution is 0.844. The van der Waals surface area contributed by atoms with Crippen molar-refractivity contribution in [2.24, 2.45) is 0 Å². The fourth-order valence-corrected chi connectivity index (χ4v) is 17.3. The summed E-state index contributed by atoms with van der Waals surface area (Å²) < 4.78 is 2.73. The Balaban J connectivity index is 1.59. The van der Waals surface area contributed by atoms with Gasteiger partial charge in [-0.05, 0) is 96.1 Å². The third-order valence-electron chi connectivity index (χ3n) is 11.4. The van der Waals surface area contributed by atoms with E-state index in [1.54, 1.807) is 0 Å². The van der Waals surface area contributed by atoms with Crippen molar-refractivity contribution in [2.45, 2.75) is 39.4 Å². The molecule has 0 spiro atoms. The number of para-hydroxylation sites is 1. The lowest BCUT2D eigenvalue weighted by atomic mass is 9.99. The molecule has 0 amide bonds. The van der Waals surface area contributed by atoms with Gasteiger partial charge in [-0.1, -0.05) is 188 Å². The minimum Gasteiger partial charge on any atom is -0.299 e. The molecule has 1 aromatic heterocycles. The highest BCUT2D eigenvalue weighted by Gasteiger charge is 2.47. The normalized spacial score (nSPS) is 12.1. The zero-order chi connectivity index (χ0) is 40.9. The fraction of sp³-hybridized carbons (Fsp3) is 0. The molecular formula is C58H45NS2. The molecule has 0 atom stereocenters. The average Bonchev–Trinajstić information content (AvgIpc) is 3.71. The molecule has 0 aliphatic rings. The minimum absolute atomic E-state index is 1.12. The summed E-state index contributed by atoms with van der Waals surface area (Å²) in [6, 6.07) is 101. The quantitative estimate of drug-likeness (QED) is 0.123. The van der Waals surface area contributed by atoms with Gasteiger partial charge in [0.15, 0.2) is 0 Å². The summed E-state index contributed by atoms with van der Waals surface area (Å²) in [6.07, 6.45) is 0. The van der Waals surface area contributed by atoms with Crippen LogP contribution in [0.4, 0.5) is 0 Å². The van der Waals surface area contributed by atoms with Crippen LogP contribution in [-0.4, -0.2) is 4.57 Å². The highest BCUT2D eigenvalue weighted by molar-refractivity contribution is 8.34. The Labute approximate surface area is 362 Å². The highest BCUT2D eigenvalue weighted by atomic mass is 32.3. The van der Waals surface area contributed by atoms with Crippen LogP contribution in [0.1, 0.15) is 0 Å². The Bertz CT molecular complexity index is 2580. The molecule has 10 aromatic rings. The fourth-order valence-electron chi connectivity index (χ4n) is 8.90. The van der Waals surface area contributed by atoms with Crippen LogP contribution in [0.5, 0.6) is 0 Å². The van der Waals surface area contributed by atoms with Crippen LogP contribution < -0.4 is 0 Å². The van der Waals surface area contributed by atoms with Crippen molar-refractivity contribution in [3.8, 4) is 27.9 Å². The van der Waals surface area contributed by atoms with Crippen molar-refractivity contribution in [1.29, 1.82) is 0 Å². The zero-order valence-electron chi connectivity index (χ0n) is 33.7. The number of aromatic nitrogens is 1. The van der Waals surface area contributed by atoms with E-state index in [0.717, 1.165) is 5.69 Å². The Morgan fingerprint density at radius 1 is 0.213 bits per heavy atom. The van der Waals surface area contributed by atoms with Gasteiger partial charge < -0.3 is 0 Å². The highest BCUT2D eigenvalue weighted by Crippen LogP contribution is 2.81. The molecule has 1 nitrogen and oxygen atoms in total. The molecule has 0 bridgehead atoms. The largest absolute Gasteiger partial charge is 0.299 e. The number of hydrogen-bond donors (Lipinski definition) is 0. The Morgan fingerprint density at radius 2 is 0.410 bits per heavy atom. The topological polar surface area (TPSA) is 4.93 Å². The van der Waals surface area contributed by atoms with E-state index >= 15 is 0 Å². The monoisotopic (exact) mass is 819 g/mol. The SMILES string of the molecule is c1ccc(-c2c(-c3ccccc3)c(S(c3ccccc3)(c3ccccc3)c3ccccc3)n(-c3ccccc3)c2S(c2ccccc2)(c2ccccc2)c2ccccc2)cc1. The molecule has 294 valence electrons. The van der Waals surface area contributed by atoms with Crippen molar-refractivity contribution < 1.29 is 0 Å². The summed E-state index contributed by atoms with van der Waals surface area (Å²) >= 11 is 0. The Kier molecular flexibility index (Phi) is 10.6. The van der Waals surface area contributed by atoms with E-state index < -0.39 is 20.1 Å². The molecule has 0 radical (unpaired) electrons. The molecular weight excluding hydrogens is 775 g/mol. The van der Waals surface area contributed by atoms with E-state index in [1.165, 1.54) is 61.7 Å². The summed E-state index contributed by atoms with van der Waals surface area (Å²) in [5.74, 6) is 0. The predicted octanol–water partition coefficient (Wildman–Crippen LogP) is 16.5. The van der Waals surface area contributed by atoms with Crippen LogP contribution in [0, 0.1) is 0 Å². The Hall–Kier alpha value is -7.04. The van der Waals surface area contributed by atoms with Crippen molar-refractivity contribution in [3.05, 3.63) is 273 Å². The lowest BCUT2D eigenvalue weighted by Gasteiger charge is -2.45. The number of nitrogens with zero attached hydrogens (tertiary/aromatic N) is 1. The average molecular weight is 820 g/mol. The summed E-state index contributed by atoms with van der Waals surface area (Å²) in [7, 11) is -4.62. The molecule has 0 aliphatic carbocycles. The van der Waals surface area contributed by atoms with Gasteiger partial charge in [-0.3, -0.25) is 4.57 Å². The first-order chi connectivity index (χ1) is 30.3. The Morgan fingerprint density at radius 3 is 0.639 bits per heavy atom. The molecule has 9 aromatic carbocycles. The maximum absolute atomic E-state index is 2.73. The van der Waals surface area contributed by atoms with E-state index in [0.29, 0.717) is 0 Å². The van der Waals surface area contributed by atoms with Crippen LogP contribution >= 0.6 is 20.1 Å². The first kappa shape index (κ1) is 38.2. The van der Waals surface area contributed by atoms with Crippen molar-refractivity contribution in [2.75, 3.05) is 0 Å². The second kappa shape index (κ2) is 16.9. The minimum atomic E-state index is -2.31. The van der Waals surface area contributed by atoms with Gasteiger partial charge in [-0.15, -0.1) is 20.1 Å². The van der Waals surface area contributed by atoms with Gasteiger partial charge in [-0.2, -0.15) is 0 Å². The van der Waals surface area contributed by atoms with Crippen molar-refractivity contribution >= 4 is 20.1 Å². The number of hydrogen-bond acceptors (Lipinski definition) is 0. The lowest BCUT2D eigenvalue weighted by Crippen LogP contribution is -2.15. The van der Waals surface area contributed by atoms with E-state index in [-0.39, 0.29) is 0 Å². The predicted molar refractivity (Wildman–Crippen MR) is 257 cm³/mol.